The van der Waals surface area contributed by atoms with Crippen molar-refractivity contribution in [3.05, 3.63) is 0 Å². The topological polar surface area (TPSA) is 76.8 Å². The fourth-order valence-corrected chi connectivity index (χ4v) is 5.47. The maximum Gasteiger partial charge on any atom is 0.403 e. The van der Waals surface area contributed by atoms with Gasteiger partial charge in [0.05, 0.1) is 11.7 Å². The monoisotopic (exact) mass is 428 g/mol. The predicted molar refractivity (Wildman–Crippen MR) is 101 cm³/mol. The molecule has 168 valence electrons. The molecule has 0 aliphatic heterocycles. The number of nitrogens with zero attached hydrogens (tertiary/aromatic N) is 2. The van der Waals surface area contributed by atoms with Crippen LogP contribution in [0.2, 0.25) is 0 Å². The molecule has 4 N–H and O–H groups in total. The van der Waals surface area contributed by atoms with Crippen molar-refractivity contribution in [2.75, 3.05) is 14.1 Å². The largest absolute Gasteiger partial charge is 0.403 e. The van der Waals surface area contributed by atoms with Crippen LogP contribution in [0.4, 0.5) is 26.3 Å². The highest BCUT2D eigenvalue weighted by molar-refractivity contribution is 5.83. The third-order valence-electron chi connectivity index (χ3n) is 7.03. The third-order valence-corrected chi connectivity index (χ3v) is 7.03. The van der Waals surface area contributed by atoms with Gasteiger partial charge in [0.1, 0.15) is 0 Å². The molecule has 4 nitrogen and oxygen atoms in total. The minimum atomic E-state index is -5.38. The molecule has 0 saturated heterocycles. The van der Waals surface area contributed by atoms with Gasteiger partial charge in [0.2, 0.25) is 0 Å². The van der Waals surface area contributed by atoms with E-state index in [1.54, 1.807) is 0 Å². The molecule has 0 bridgehead atoms. The summed E-state index contributed by atoms with van der Waals surface area (Å²) in [6, 6.07) is 0. The predicted octanol–water partition coefficient (Wildman–Crippen LogP) is 4.68. The first-order valence-corrected chi connectivity index (χ1v) is 9.97. The van der Waals surface area contributed by atoms with E-state index in [2.05, 4.69) is 9.98 Å². The quantitative estimate of drug-likeness (QED) is 0.387. The van der Waals surface area contributed by atoms with Gasteiger partial charge in [-0.15, -0.1) is 0 Å². The number of nitrogens with two attached hydrogens (primary N) is 2. The molecule has 0 amide bonds. The van der Waals surface area contributed by atoms with E-state index >= 15 is 0 Å². The van der Waals surface area contributed by atoms with E-state index in [0.717, 1.165) is 0 Å². The van der Waals surface area contributed by atoms with Crippen molar-refractivity contribution in [1.29, 1.82) is 0 Å². The molecule has 0 unspecified atom stereocenters. The van der Waals surface area contributed by atoms with Crippen molar-refractivity contribution in [1.82, 2.24) is 0 Å². The smallest absolute Gasteiger partial charge is 0.387 e. The van der Waals surface area contributed by atoms with Crippen LogP contribution in [0.3, 0.4) is 0 Å². The minimum absolute atomic E-state index is 0.168. The molecule has 2 aliphatic rings. The van der Waals surface area contributed by atoms with Crippen LogP contribution in [0.25, 0.3) is 0 Å². The SMILES string of the molecule is CN=C(N)C1CCC(C(C2CCC(C(N)=NC)CC2)(C(F)(F)F)C(F)(F)F)CC1. The Morgan fingerprint density at radius 2 is 0.897 bits per heavy atom. The molecule has 29 heavy (non-hydrogen) atoms. The second-order valence-electron chi connectivity index (χ2n) is 8.26. The Balaban J connectivity index is 2.36. The second-order valence-corrected chi connectivity index (χ2v) is 8.26. The lowest BCUT2D eigenvalue weighted by atomic mass is 9.56. The molecule has 0 aromatic carbocycles. The first-order chi connectivity index (χ1) is 13.4. The van der Waals surface area contributed by atoms with Crippen molar-refractivity contribution >= 4 is 11.7 Å². The molecular formula is C19H30F6N4. The van der Waals surface area contributed by atoms with E-state index in [-0.39, 0.29) is 63.2 Å². The zero-order valence-electron chi connectivity index (χ0n) is 16.8. The van der Waals surface area contributed by atoms with Gasteiger partial charge in [-0.1, -0.05) is 0 Å². The molecule has 0 atom stereocenters. The average molecular weight is 428 g/mol. The average Bonchev–Trinajstić information content (AvgIpc) is 2.66. The Hall–Kier alpha value is -1.48. The molecule has 0 radical (unpaired) electrons. The lowest BCUT2D eigenvalue weighted by Crippen LogP contribution is -2.60. The number of rotatable bonds is 4. The fourth-order valence-electron chi connectivity index (χ4n) is 5.47. The maximum absolute atomic E-state index is 14.3. The van der Waals surface area contributed by atoms with Crippen LogP contribution in [0.15, 0.2) is 9.98 Å². The molecular weight excluding hydrogens is 398 g/mol. The van der Waals surface area contributed by atoms with Crippen LogP contribution in [0.1, 0.15) is 51.4 Å². The first kappa shape index (κ1) is 23.8. The van der Waals surface area contributed by atoms with Crippen LogP contribution in [-0.4, -0.2) is 38.1 Å². The Morgan fingerprint density at radius 3 is 1.10 bits per heavy atom. The summed E-state index contributed by atoms with van der Waals surface area (Å²) in [5, 5.41) is 0. The highest BCUT2D eigenvalue weighted by Crippen LogP contribution is 2.65. The number of halogens is 6. The van der Waals surface area contributed by atoms with Gasteiger partial charge in [-0.05, 0) is 63.2 Å². The molecule has 2 rings (SSSR count). The van der Waals surface area contributed by atoms with E-state index in [1.807, 2.05) is 0 Å². The van der Waals surface area contributed by atoms with Crippen LogP contribution >= 0.6 is 0 Å². The molecule has 10 heteroatoms. The van der Waals surface area contributed by atoms with Gasteiger partial charge in [-0.25, -0.2) is 0 Å². The van der Waals surface area contributed by atoms with Gasteiger partial charge in [0, 0.05) is 25.9 Å². The van der Waals surface area contributed by atoms with E-state index < -0.39 is 29.6 Å². The lowest BCUT2D eigenvalue weighted by Gasteiger charge is -2.51. The van der Waals surface area contributed by atoms with Crippen LogP contribution in [0.5, 0.6) is 0 Å². The van der Waals surface area contributed by atoms with Crippen molar-refractivity contribution in [2.45, 2.75) is 63.7 Å². The summed E-state index contributed by atoms with van der Waals surface area (Å²) in [5.74, 6) is -2.95. The Bertz CT molecular complexity index is 555. The number of amidine groups is 2. The summed E-state index contributed by atoms with van der Waals surface area (Å²) in [7, 11) is 2.95. The van der Waals surface area contributed by atoms with E-state index in [4.69, 9.17) is 11.5 Å². The normalized spacial score (nSPS) is 31.0. The van der Waals surface area contributed by atoms with E-state index in [9.17, 15) is 26.3 Å². The van der Waals surface area contributed by atoms with Gasteiger partial charge in [0.15, 0.2) is 5.41 Å². The van der Waals surface area contributed by atoms with Gasteiger partial charge in [-0.2, -0.15) is 26.3 Å². The Kier molecular flexibility index (Phi) is 7.15. The molecule has 2 fully saturated rings. The zero-order valence-corrected chi connectivity index (χ0v) is 16.8. The van der Waals surface area contributed by atoms with Gasteiger partial charge >= 0.3 is 12.4 Å². The van der Waals surface area contributed by atoms with E-state index in [0.29, 0.717) is 11.7 Å². The summed E-state index contributed by atoms with van der Waals surface area (Å²) in [5.41, 5.74) is 7.81. The highest BCUT2D eigenvalue weighted by atomic mass is 19.4. The number of aliphatic imine (C=N–C) groups is 2. The standard InChI is InChI=1S/C19H30F6N4/c1-28-15(26)11-3-7-13(8-4-11)17(18(20,21)22,19(23,24)25)14-9-5-12(6-10-14)16(27)29-2/h11-14H,3-10H2,1-2H3,(H2,26,28)(H2,27,29). The van der Waals surface area contributed by atoms with Crippen molar-refractivity contribution in [3.8, 4) is 0 Å². The number of hydrogen-bond donors (Lipinski definition) is 2. The zero-order chi connectivity index (χ0) is 22.0. The van der Waals surface area contributed by atoms with Gasteiger partial charge in [0.25, 0.3) is 0 Å². The number of hydrogen-bond acceptors (Lipinski definition) is 2. The van der Waals surface area contributed by atoms with Gasteiger partial charge in [-0.3, -0.25) is 9.98 Å². The first-order valence-electron chi connectivity index (χ1n) is 9.97. The molecule has 0 aromatic rings. The van der Waals surface area contributed by atoms with Gasteiger partial charge < -0.3 is 11.5 Å². The van der Waals surface area contributed by atoms with Crippen molar-refractivity contribution in [2.24, 2.45) is 50.5 Å². The highest BCUT2D eigenvalue weighted by Gasteiger charge is 2.76. The van der Waals surface area contributed by atoms with Crippen LogP contribution in [0, 0.1) is 29.1 Å². The summed E-state index contributed by atoms with van der Waals surface area (Å²) in [6.45, 7) is 0. The number of alkyl halides is 6. The summed E-state index contributed by atoms with van der Waals surface area (Å²) in [6.07, 6.45) is -10.7. The van der Waals surface area contributed by atoms with Crippen molar-refractivity contribution < 1.29 is 26.3 Å². The summed E-state index contributed by atoms with van der Waals surface area (Å²) < 4.78 is 85.6. The van der Waals surface area contributed by atoms with Crippen LogP contribution in [-0.2, 0) is 0 Å². The van der Waals surface area contributed by atoms with Crippen molar-refractivity contribution in [3.63, 3.8) is 0 Å². The Morgan fingerprint density at radius 1 is 0.621 bits per heavy atom. The summed E-state index contributed by atoms with van der Waals surface area (Å²) in [4.78, 5) is 7.69. The minimum Gasteiger partial charge on any atom is -0.387 e. The molecule has 2 saturated carbocycles. The van der Waals surface area contributed by atoms with Crippen LogP contribution < -0.4 is 11.5 Å². The molecule has 0 heterocycles. The molecule has 2 aliphatic carbocycles. The summed E-state index contributed by atoms with van der Waals surface area (Å²) >= 11 is 0. The second kappa shape index (κ2) is 8.71. The Labute approximate surface area is 167 Å². The van der Waals surface area contributed by atoms with E-state index in [1.165, 1.54) is 14.1 Å². The fraction of sp³-hybridized carbons (Fsp3) is 0.895. The maximum atomic E-state index is 14.3. The third kappa shape index (κ3) is 4.35. The lowest BCUT2D eigenvalue weighted by molar-refractivity contribution is -0.382. The molecule has 0 aromatic heterocycles. The molecule has 0 spiro atoms.